The van der Waals surface area contributed by atoms with Gasteiger partial charge in [-0.05, 0) is 148 Å². The molecule has 56 heavy (non-hydrogen) atoms. The van der Waals surface area contributed by atoms with Crippen molar-refractivity contribution in [3.63, 3.8) is 0 Å². The van der Waals surface area contributed by atoms with Gasteiger partial charge >= 0.3 is 14.0 Å². The monoisotopic (exact) mass is 754 g/mol. The predicted molar refractivity (Wildman–Crippen MR) is 241 cm³/mol. The highest BCUT2D eigenvalue weighted by molar-refractivity contribution is 8.00. The molecular formula is C48H36B2N4S2. The van der Waals surface area contributed by atoms with Crippen LogP contribution in [0.5, 0.6) is 0 Å². The van der Waals surface area contributed by atoms with Gasteiger partial charge in [-0.25, -0.2) is 0 Å². The summed E-state index contributed by atoms with van der Waals surface area (Å²) in [6.07, 6.45) is 0. The van der Waals surface area contributed by atoms with Crippen LogP contribution in [0.2, 0.25) is 0 Å². The molecule has 0 aliphatic carbocycles. The molecule has 4 nitrogen and oxygen atoms in total. The van der Waals surface area contributed by atoms with Crippen molar-refractivity contribution in [1.82, 2.24) is 8.96 Å². The summed E-state index contributed by atoms with van der Waals surface area (Å²) in [6.45, 7) is 13.6. The van der Waals surface area contributed by atoms with Crippen LogP contribution in [0.3, 0.4) is 0 Å². The molecule has 2 aromatic heterocycles. The van der Waals surface area contributed by atoms with Gasteiger partial charge in [0.25, 0.3) is 0 Å². The van der Waals surface area contributed by atoms with Gasteiger partial charge in [0.05, 0.1) is 22.4 Å². The maximum Gasteiger partial charge on any atom is 0.422 e. The highest BCUT2D eigenvalue weighted by atomic mass is 32.2. The van der Waals surface area contributed by atoms with Crippen molar-refractivity contribution in [1.29, 1.82) is 0 Å². The van der Waals surface area contributed by atoms with Gasteiger partial charge in [-0.3, -0.25) is 0 Å². The van der Waals surface area contributed by atoms with Gasteiger partial charge in [0.1, 0.15) is 0 Å². The summed E-state index contributed by atoms with van der Waals surface area (Å²) in [6, 6.07) is 42.3. The van der Waals surface area contributed by atoms with Gasteiger partial charge in [-0.1, -0.05) is 71.0 Å². The van der Waals surface area contributed by atoms with Gasteiger partial charge in [-0.15, -0.1) is 0 Å². The van der Waals surface area contributed by atoms with Gasteiger partial charge in [0, 0.05) is 63.5 Å². The molecule has 0 N–H and O–H groups in total. The summed E-state index contributed by atoms with van der Waals surface area (Å²) < 4.78 is 5.34. The molecule has 0 unspecified atom stereocenters. The van der Waals surface area contributed by atoms with Crippen molar-refractivity contribution in [2.75, 3.05) is 9.62 Å². The molecule has 0 spiro atoms. The smallest absolute Gasteiger partial charge is 0.359 e. The molecule has 0 amide bonds. The molecule has 7 aromatic carbocycles. The minimum Gasteiger partial charge on any atom is -0.359 e. The Kier molecular flexibility index (Phi) is 6.06. The Morgan fingerprint density at radius 3 is 1.30 bits per heavy atom. The van der Waals surface area contributed by atoms with Gasteiger partial charge in [0.15, 0.2) is 0 Å². The molecule has 9 aromatic rings. The number of nitrogens with zero attached hydrogens (tertiary/aromatic N) is 4. The second-order valence-electron chi connectivity index (χ2n) is 16.5. The van der Waals surface area contributed by atoms with Crippen LogP contribution in [0.1, 0.15) is 33.4 Å². The lowest BCUT2D eigenvalue weighted by Gasteiger charge is -2.28. The van der Waals surface area contributed by atoms with E-state index >= 15 is 0 Å². The first kappa shape index (κ1) is 31.7. The van der Waals surface area contributed by atoms with E-state index in [4.69, 9.17) is 0 Å². The molecule has 4 aliphatic heterocycles. The number of aromatic nitrogens is 2. The third-order valence-electron chi connectivity index (χ3n) is 13.3. The number of para-hydroxylation sites is 2. The zero-order chi connectivity index (χ0) is 37.5. The normalized spacial score (nSPS) is 14.7. The third-order valence-corrected chi connectivity index (χ3v) is 15.6. The van der Waals surface area contributed by atoms with Crippen LogP contribution in [0, 0.1) is 41.5 Å². The summed E-state index contributed by atoms with van der Waals surface area (Å²) in [7, 11) is 0. The van der Waals surface area contributed by atoms with E-state index in [1.807, 2.05) is 23.5 Å². The van der Waals surface area contributed by atoms with Crippen LogP contribution in [0.15, 0.2) is 129 Å². The van der Waals surface area contributed by atoms with Crippen molar-refractivity contribution < 1.29 is 0 Å². The van der Waals surface area contributed by atoms with Crippen molar-refractivity contribution in [2.24, 2.45) is 0 Å². The Bertz CT molecular complexity index is 3100. The van der Waals surface area contributed by atoms with Crippen molar-refractivity contribution in [3.05, 3.63) is 143 Å². The minimum atomic E-state index is -0.0336. The molecule has 0 bridgehead atoms. The fourth-order valence-electron chi connectivity index (χ4n) is 10.6. The zero-order valence-electron chi connectivity index (χ0n) is 32.2. The quantitative estimate of drug-likeness (QED) is 0.143. The summed E-state index contributed by atoms with van der Waals surface area (Å²) in [5.41, 5.74) is 21.2. The van der Waals surface area contributed by atoms with E-state index in [2.05, 4.69) is 169 Å². The van der Waals surface area contributed by atoms with E-state index in [9.17, 15) is 0 Å². The van der Waals surface area contributed by atoms with Gasteiger partial charge in [-0.2, -0.15) is 0 Å². The Morgan fingerprint density at radius 1 is 0.429 bits per heavy atom. The molecule has 0 radical (unpaired) electrons. The Balaban J connectivity index is 1.15. The van der Waals surface area contributed by atoms with Crippen LogP contribution in [-0.2, 0) is 0 Å². The molecule has 13 rings (SSSR count). The van der Waals surface area contributed by atoms with Crippen LogP contribution in [0.4, 0.5) is 22.7 Å². The molecular weight excluding hydrogens is 718 g/mol. The first-order chi connectivity index (χ1) is 27.3. The molecule has 6 heterocycles. The highest BCUT2D eigenvalue weighted by Crippen LogP contribution is 2.54. The third kappa shape index (κ3) is 3.78. The first-order valence-corrected chi connectivity index (χ1v) is 21.3. The van der Waals surface area contributed by atoms with Crippen molar-refractivity contribution >= 4 is 115 Å². The number of benzene rings is 7. The second-order valence-corrected chi connectivity index (χ2v) is 18.6. The Hall–Kier alpha value is -5.43. The van der Waals surface area contributed by atoms with E-state index in [0.717, 1.165) is 0 Å². The molecule has 4 aliphatic rings. The highest BCUT2D eigenvalue weighted by Gasteiger charge is 2.48. The zero-order valence-corrected chi connectivity index (χ0v) is 33.8. The van der Waals surface area contributed by atoms with E-state index in [1.165, 1.54) is 130 Å². The first-order valence-electron chi connectivity index (χ1n) is 19.7. The molecule has 0 saturated heterocycles. The number of hydrogen-bond acceptors (Lipinski definition) is 4. The van der Waals surface area contributed by atoms with Gasteiger partial charge in [0.2, 0.25) is 0 Å². The fraction of sp³-hybridized carbons (Fsp3) is 0.125. The largest absolute Gasteiger partial charge is 0.422 e. The second kappa shape index (κ2) is 10.7. The molecule has 8 heteroatoms. The van der Waals surface area contributed by atoms with E-state index in [0.29, 0.717) is 0 Å². The minimum absolute atomic E-state index is 0.0336. The number of hydrogen-bond donors (Lipinski definition) is 0. The molecule has 0 saturated carbocycles. The number of rotatable bonds is 0. The summed E-state index contributed by atoms with van der Waals surface area (Å²) in [4.78, 5) is 10.5. The average molecular weight is 755 g/mol. The van der Waals surface area contributed by atoms with Gasteiger partial charge < -0.3 is 18.6 Å². The average Bonchev–Trinajstić information content (AvgIpc) is 3.85. The van der Waals surface area contributed by atoms with Crippen molar-refractivity contribution in [3.8, 4) is 0 Å². The fourth-order valence-corrected chi connectivity index (χ4v) is 12.9. The van der Waals surface area contributed by atoms with E-state index in [1.54, 1.807) is 0 Å². The lowest BCUT2D eigenvalue weighted by Crippen LogP contribution is -2.52. The van der Waals surface area contributed by atoms with Crippen LogP contribution in [0.25, 0.3) is 43.6 Å². The SMILES string of the molecule is Cc1ccc2c(c1)c1c(C)c(C)cc3c1n2B1c2cc4c(cc2Sc2ccccc2N13)B1N(c2ccccc2S4)c2cc(C)c(C)c3c4cc(C)ccc4n1c23. The molecule has 0 atom stereocenters. The number of fused-ring (bicyclic) bond motifs is 20. The topological polar surface area (TPSA) is 16.3 Å². The van der Waals surface area contributed by atoms with Crippen LogP contribution >= 0.6 is 23.5 Å². The lowest BCUT2D eigenvalue weighted by molar-refractivity contribution is 1.27. The van der Waals surface area contributed by atoms with Crippen LogP contribution in [-0.4, -0.2) is 22.9 Å². The predicted octanol–water partition coefficient (Wildman–Crippen LogP) is 11.5. The maximum atomic E-state index is 2.67. The number of aryl methyl sites for hydroxylation is 6. The summed E-state index contributed by atoms with van der Waals surface area (Å²) >= 11 is 3.87. The Morgan fingerprint density at radius 2 is 0.857 bits per heavy atom. The summed E-state index contributed by atoms with van der Waals surface area (Å²) in [5.74, 6) is 0. The van der Waals surface area contributed by atoms with E-state index < -0.39 is 0 Å². The van der Waals surface area contributed by atoms with E-state index in [-0.39, 0.29) is 14.0 Å². The lowest BCUT2D eigenvalue weighted by atomic mass is 9.61. The Labute approximate surface area is 335 Å². The summed E-state index contributed by atoms with van der Waals surface area (Å²) in [5, 5.41) is 5.49. The number of anilines is 4. The van der Waals surface area contributed by atoms with Crippen LogP contribution < -0.4 is 20.5 Å². The standard InChI is InChI=1S/C48H36B2N4S2/c1-25-15-17-35-31(19-25)45-29(5)27(3)21-39-47(45)53(35)49-33-23-44-34(24-43(33)55-41-13-9-7-11-37(41)51(39)49)50-52(38-12-8-10-14-42(38)56-44)40-22-28(4)30(6)46-32-20-26(2)16-18-36(32)54(50)48(40)46/h7-24H,1-6H3. The molecule has 0 fully saturated rings. The van der Waals surface area contributed by atoms with Crippen molar-refractivity contribution in [2.45, 2.75) is 61.1 Å². The maximum absolute atomic E-state index is 2.67. The molecule has 266 valence electrons.